The highest BCUT2D eigenvalue weighted by atomic mass is 32.1. The van der Waals surface area contributed by atoms with Gasteiger partial charge in [-0.25, -0.2) is 4.98 Å². The maximum atomic E-state index is 11.9. The second-order valence-electron chi connectivity index (χ2n) is 4.58. The lowest BCUT2D eigenvalue weighted by molar-refractivity contribution is 0.0923. The van der Waals surface area contributed by atoms with Gasteiger partial charge < -0.3 is 5.32 Å². The number of hydrogen-bond donors (Lipinski definition) is 1. The minimum absolute atomic E-state index is 0.0165. The van der Waals surface area contributed by atoms with E-state index in [9.17, 15) is 4.79 Å². The van der Waals surface area contributed by atoms with Gasteiger partial charge in [0.05, 0.1) is 10.7 Å². The highest BCUT2D eigenvalue weighted by Crippen LogP contribution is 2.19. The Labute approximate surface area is 94.9 Å². The highest BCUT2D eigenvalue weighted by molar-refractivity contribution is 7.13. The normalized spacial score (nSPS) is 11.5. The van der Waals surface area contributed by atoms with Gasteiger partial charge in [-0.2, -0.15) is 0 Å². The molecule has 0 aliphatic heterocycles. The predicted molar refractivity (Wildman–Crippen MR) is 63.4 cm³/mol. The molecule has 1 N–H and O–H groups in total. The number of hydrogen-bond acceptors (Lipinski definition) is 3. The summed E-state index contributed by atoms with van der Waals surface area (Å²) in [4.78, 5) is 16.9. The summed E-state index contributed by atoms with van der Waals surface area (Å²) in [7, 11) is 0. The van der Waals surface area contributed by atoms with Crippen LogP contribution in [0.2, 0.25) is 0 Å². The lowest BCUT2D eigenvalue weighted by Gasteiger charge is -2.19. The van der Waals surface area contributed by atoms with Crippen LogP contribution in [0.4, 0.5) is 0 Å². The van der Waals surface area contributed by atoms with E-state index >= 15 is 0 Å². The quantitative estimate of drug-likeness (QED) is 0.842. The molecule has 0 saturated carbocycles. The summed E-state index contributed by atoms with van der Waals surface area (Å²) in [5.74, 6) is -0.0165. The summed E-state index contributed by atoms with van der Waals surface area (Å²) in [6.45, 7) is 9.85. The van der Waals surface area contributed by atoms with E-state index in [1.54, 1.807) is 0 Å². The lowest BCUT2D eigenvalue weighted by Crippen LogP contribution is -2.40. The first-order valence-corrected chi connectivity index (χ1v) is 5.94. The van der Waals surface area contributed by atoms with Gasteiger partial charge in [-0.1, -0.05) is 6.92 Å². The Balaban J connectivity index is 2.87. The second kappa shape index (κ2) is 4.31. The fourth-order valence-corrected chi connectivity index (χ4v) is 2.11. The van der Waals surface area contributed by atoms with Crippen LogP contribution in [-0.2, 0) is 6.42 Å². The van der Waals surface area contributed by atoms with Crippen molar-refractivity contribution in [3.8, 4) is 0 Å². The highest BCUT2D eigenvalue weighted by Gasteiger charge is 2.19. The van der Waals surface area contributed by atoms with E-state index in [4.69, 9.17) is 0 Å². The molecule has 0 aliphatic carbocycles. The number of nitrogens with zero attached hydrogens (tertiary/aromatic N) is 1. The first-order valence-electron chi connectivity index (χ1n) is 5.12. The standard InChI is InChI=1S/C11H18N2OS/c1-6-8-12-7(2)9(15-8)10(14)13-11(3,4)5/h6H2,1-5H3,(H,13,14). The lowest BCUT2D eigenvalue weighted by atomic mass is 10.1. The van der Waals surface area contributed by atoms with Crippen LogP contribution in [-0.4, -0.2) is 16.4 Å². The number of rotatable bonds is 2. The first kappa shape index (κ1) is 12.2. The van der Waals surface area contributed by atoms with Crippen LogP contribution >= 0.6 is 11.3 Å². The average Bonchev–Trinajstić information content (AvgIpc) is 2.43. The largest absolute Gasteiger partial charge is 0.347 e. The van der Waals surface area contributed by atoms with Gasteiger partial charge in [-0.15, -0.1) is 11.3 Å². The summed E-state index contributed by atoms with van der Waals surface area (Å²) < 4.78 is 0. The number of nitrogens with one attached hydrogen (secondary N) is 1. The number of amides is 1. The number of carbonyl (C=O) groups is 1. The smallest absolute Gasteiger partial charge is 0.263 e. The van der Waals surface area contributed by atoms with Crippen LogP contribution < -0.4 is 5.32 Å². The minimum Gasteiger partial charge on any atom is -0.347 e. The molecule has 1 aromatic heterocycles. The van der Waals surface area contributed by atoms with E-state index < -0.39 is 0 Å². The zero-order chi connectivity index (χ0) is 11.6. The van der Waals surface area contributed by atoms with Gasteiger partial charge in [0.2, 0.25) is 0 Å². The molecule has 0 unspecified atom stereocenters. The van der Waals surface area contributed by atoms with E-state index in [0.717, 1.165) is 22.0 Å². The van der Waals surface area contributed by atoms with Crippen LogP contribution in [0.5, 0.6) is 0 Å². The molecule has 0 radical (unpaired) electrons. The zero-order valence-corrected chi connectivity index (χ0v) is 10.8. The molecule has 0 spiro atoms. The van der Waals surface area contributed by atoms with Gasteiger partial charge in [0.1, 0.15) is 4.88 Å². The van der Waals surface area contributed by atoms with Gasteiger partial charge in [0.25, 0.3) is 5.91 Å². The van der Waals surface area contributed by atoms with Crippen molar-refractivity contribution in [2.45, 2.75) is 46.6 Å². The molecular formula is C11H18N2OS. The van der Waals surface area contributed by atoms with E-state index in [0.29, 0.717) is 0 Å². The van der Waals surface area contributed by atoms with Gasteiger partial charge in [-0.3, -0.25) is 4.79 Å². The maximum absolute atomic E-state index is 11.9. The third-order valence-corrected chi connectivity index (χ3v) is 3.14. The third kappa shape index (κ3) is 3.30. The van der Waals surface area contributed by atoms with Crippen molar-refractivity contribution < 1.29 is 4.79 Å². The van der Waals surface area contributed by atoms with E-state index in [1.807, 2.05) is 34.6 Å². The van der Waals surface area contributed by atoms with Crippen LogP contribution in [0.15, 0.2) is 0 Å². The van der Waals surface area contributed by atoms with Crippen molar-refractivity contribution in [3.05, 3.63) is 15.6 Å². The fourth-order valence-electron chi connectivity index (χ4n) is 1.21. The Morgan fingerprint density at radius 3 is 2.47 bits per heavy atom. The number of aryl methyl sites for hydroxylation is 2. The van der Waals surface area contributed by atoms with Gasteiger partial charge in [-0.05, 0) is 34.1 Å². The van der Waals surface area contributed by atoms with Gasteiger partial charge in [0, 0.05) is 5.54 Å². The molecule has 3 nitrogen and oxygen atoms in total. The number of aromatic nitrogens is 1. The van der Waals surface area contributed by atoms with E-state index in [-0.39, 0.29) is 11.4 Å². The fraction of sp³-hybridized carbons (Fsp3) is 0.636. The monoisotopic (exact) mass is 226 g/mol. The minimum atomic E-state index is -0.195. The van der Waals surface area contributed by atoms with Crippen LogP contribution in [0.3, 0.4) is 0 Å². The Morgan fingerprint density at radius 2 is 2.07 bits per heavy atom. The number of thiazole rings is 1. The third-order valence-electron chi connectivity index (χ3n) is 1.84. The Kier molecular flexibility index (Phi) is 3.50. The van der Waals surface area contributed by atoms with Crippen LogP contribution in [0.25, 0.3) is 0 Å². The van der Waals surface area contributed by atoms with Crippen LogP contribution in [0, 0.1) is 6.92 Å². The molecule has 1 aromatic rings. The molecular weight excluding hydrogens is 208 g/mol. The van der Waals surface area contributed by atoms with Crippen molar-refractivity contribution in [1.82, 2.24) is 10.3 Å². The summed E-state index contributed by atoms with van der Waals surface area (Å²) >= 11 is 1.49. The first-order chi connectivity index (χ1) is 6.83. The van der Waals surface area contributed by atoms with E-state index in [1.165, 1.54) is 11.3 Å². The molecule has 0 atom stereocenters. The van der Waals surface area contributed by atoms with Crippen LogP contribution in [0.1, 0.15) is 48.1 Å². The van der Waals surface area contributed by atoms with Crippen molar-refractivity contribution in [3.63, 3.8) is 0 Å². The molecule has 0 aromatic carbocycles. The predicted octanol–water partition coefficient (Wildman–Crippen LogP) is 2.54. The molecule has 0 saturated heterocycles. The maximum Gasteiger partial charge on any atom is 0.263 e. The molecule has 15 heavy (non-hydrogen) atoms. The van der Waals surface area contributed by atoms with Gasteiger partial charge in [0.15, 0.2) is 0 Å². The summed E-state index contributed by atoms with van der Waals surface area (Å²) in [6, 6.07) is 0. The van der Waals surface area contributed by atoms with E-state index in [2.05, 4.69) is 10.3 Å². The summed E-state index contributed by atoms with van der Waals surface area (Å²) in [5.41, 5.74) is 0.637. The topological polar surface area (TPSA) is 42.0 Å². The number of carbonyl (C=O) groups excluding carboxylic acids is 1. The molecule has 0 bridgehead atoms. The second-order valence-corrected chi connectivity index (χ2v) is 5.66. The average molecular weight is 226 g/mol. The van der Waals surface area contributed by atoms with Crippen molar-refractivity contribution >= 4 is 17.2 Å². The summed E-state index contributed by atoms with van der Waals surface area (Å²) in [6.07, 6.45) is 0.883. The Morgan fingerprint density at radius 1 is 1.47 bits per heavy atom. The van der Waals surface area contributed by atoms with Crippen molar-refractivity contribution in [1.29, 1.82) is 0 Å². The molecule has 84 valence electrons. The molecule has 0 fully saturated rings. The molecule has 4 heteroatoms. The zero-order valence-electron chi connectivity index (χ0n) is 9.97. The van der Waals surface area contributed by atoms with Crippen molar-refractivity contribution in [2.75, 3.05) is 0 Å². The SMILES string of the molecule is CCc1nc(C)c(C(=O)NC(C)(C)C)s1. The van der Waals surface area contributed by atoms with Crippen molar-refractivity contribution in [2.24, 2.45) is 0 Å². The Hall–Kier alpha value is -0.900. The molecule has 1 amide bonds. The molecule has 1 heterocycles. The Bertz CT molecular complexity index is 363. The summed E-state index contributed by atoms with van der Waals surface area (Å²) in [5, 5.41) is 3.97. The van der Waals surface area contributed by atoms with Gasteiger partial charge >= 0.3 is 0 Å². The molecule has 1 rings (SSSR count). The molecule has 0 aliphatic rings.